The van der Waals surface area contributed by atoms with E-state index in [4.69, 9.17) is 4.74 Å². The summed E-state index contributed by atoms with van der Waals surface area (Å²) in [6.07, 6.45) is -2.69. The zero-order valence-electron chi connectivity index (χ0n) is 13.2. The normalized spacial score (nSPS) is 11.7. The lowest BCUT2D eigenvalue weighted by molar-refractivity contribution is -0.156. The number of thiophene rings is 1. The van der Waals surface area contributed by atoms with Gasteiger partial charge < -0.3 is 14.6 Å². The highest BCUT2D eigenvalue weighted by molar-refractivity contribution is 7.17. The van der Waals surface area contributed by atoms with Gasteiger partial charge in [-0.1, -0.05) is 18.5 Å². The summed E-state index contributed by atoms with van der Waals surface area (Å²) < 4.78 is 47.8. The second-order valence-electron chi connectivity index (χ2n) is 5.06. The third-order valence-electron chi connectivity index (χ3n) is 3.22. The molecule has 0 fully saturated rings. The Morgan fingerprint density at radius 1 is 1.42 bits per heavy atom. The SMILES string of the molecule is CCCCOCNC(=O)c1ccc(-c2noc(C(F)(F)F)c2C)s1. The van der Waals surface area contributed by atoms with Gasteiger partial charge in [0, 0.05) is 12.2 Å². The van der Waals surface area contributed by atoms with Crippen LogP contribution in [0.25, 0.3) is 10.6 Å². The van der Waals surface area contributed by atoms with E-state index in [0.29, 0.717) is 16.4 Å². The fraction of sp³-hybridized carbons (Fsp3) is 0.467. The molecule has 0 aromatic carbocycles. The summed E-state index contributed by atoms with van der Waals surface area (Å²) in [6.45, 7) is 3.97. The molecule has 0 aliphatic carbocycles. The molecule has 132 valence electrons. The van der Waals surface area contributed by atoms with E-state index in [0.717, 1.165) is 24.2 Å². The number of nitrogens with zero attached hydrogens (tertiary/aromatic N) is 1. The molecule has 1 N–H and O–H groups in total. The lowest BCUT2D eigenvalue weighted by Crippen LogP contribution is -2.25. The molecule has 0 atom stereocenters. The van der Waals surface area contributed by atoms with Crippen molar-refractivity contribution in [1.29, 1.82) is 0 Å². The van der Waals surface area contributed by atoms with Gasteiger partial charge in [0.1, 0.15) is 12.4 Å². The number of nitrogens with one attached hydrogen (secondary N) is 1. The predicted molar refractivity (Wildman–Crippen MR) is 82.7 cm³/mol. The Bertz CT molecular complexity index is 694. The molecule has 5 nitrogen and oxygen atoms in total. The number of alkyl halides is 3. The van der Waals surface area contributed by atoms with E-state index in [-0.39, 0.29) is 23.9 Å². The van der Waals surface area contributed by atoms with E-state index in [2.05, 4.69) is 15.0 Å². The Morgan fingerprint density at radius 2 is 2.17 bits per heavy atom. The van der Waals surface area contributed by atoms with Crippen molar-refractivity contribution < 1.29 is 27.2 Å². The maximum absolute atomic E-state index is 12.7. The molecule has 0 aliphatic heterocycles. The van der Waals surface area contributed by atoms with Gasteiger partial charge in [0.05, 0.1) is 9.75 Å². The van der Waals surface area contributed by atoms with Crippen LogP contribution in [-0.4, -0.2) is 24.4 Å². The number of hydrogen-bond donors (Lipinski definition) is 1. The lowest BCUT2D eigenvalue weighted by Gasteiger charge is -2.04. The topological polar surface area (TPSA) is 64.4 Å². The van der Waals surface area contributed by atoms with Crippen LogP contribution in [0.3, 0.4) is 0 Å². The van der Waals surface area contributed by atoms with Crippen LogP contribution >= 0.6 is 11.3 Å². The van der Waals surface area contributed by atoms with Crippen LogP contribution < -0.4 is 5.32 Å². The molecule has 0 saturated heterocycles. The Morgan fingerprint density at radius 3 is 2.79 bits per heavy atom. The number of hydrogen-bond acceptors (Lipinski definition) is 5. The molecule has 0 spiro atoms. The Balaban J connectivity index is 2.03. The highest BCUT2D eigenvalue weighted by atomic mass is 32.1. The summed E-state index contributed by atoms with van der Waals surface area (Å²) in [5.74, 6) is -1.47. The third-order valence-corrected chi connectivity index (χ3v) is 4.31. The van der Waals surface area contributed by atoms with Crippen LogP contribution in [0, 0.1) is 6.92 Å². The quantitative estimate of drug-likeness (QED) is 0.591. The molecule has 0 unspecified atom stereocenters. The number of ether oxygens (including phenoxy) is 1. The zero-order chi connectivity index (χ0) is 17.7. The molecule has 2 heterocycles. The van der Waals surface area contributed by atoms with Gasteiger partial charge >= 0.3 is 6.18 Å². The predicted octanol–water partition coefficient (Wildman–Crippen LogP) is 4.23. The highest BCUT2D eigenvalue weighted by Gasteiger charge is 2.39. The molecule has 9 heteroatoms. The second kappa shape index (κ2) is 7.80. The third kappa shape index (κ3) is 4.35. The second-order valence-corrected chi connectivity index (χ2v) is 6.14. The van der Waals surface area contributed by atoms with Crippen molar-refractivity contribution in [2.45, 2.75) is 32.9 Å². The van der Waals surface area contributed by atoms with Gasteiger partial charge in [-0.3, -0.25) is 4.79 Å². The van der Waals surface area contributed by atoms with Gasteiger partial charge in [0.25, 0.3) is 5.91 Å². The van der Waals surface area contributed by atoms with Crippen molar-refractivity contribution in [1.82, 2.24) is 10.5 Å². The molecule has 2 rings (SSSR count). The molecular formula is C15H17F3N2O3S. The Hall–Kier alpha value is -1.87. The highest BCUT2D eigenvalue weighted by Crippen LogP contribution is 2.38. The maximum Gasteiger partial charge on any atom is 0.452 e. The van der Waals surface area contributed by atoms with E-state index in [9.17, 15) is 18.0 Å². The number of unbranched alkanes of at least 4 members (excludes halogenated alkanes) is 1. The van der Waals surface area contributed by atoms with Gasteiger partial charge in [0.2, 0.25) is 5.76 Å². The van der Waals surface area contributed by atoms with Crippen molar-refractivity contribution in [2.75, 3.05) is 13.3 Å². The smallest absolute Gasteiger partial charge is 0.361 e. The van der Waals surface area contributed by atoms with Crippen LogP contribution in [-0.2, 0) is 10.9 Å². The first-order valence-electron chi connectivity index (χ1n) is 7.34. The first-order chi connectivity index (χ1) is 11.3. The molecule has 2 aromatic rings. The number of rotatable bonds is 7. The molecule has 0 aliphatic rings. The number of amides is 1. The monoisotopic (exact) mass is 362 g/mol. The number of carbonyl (C=O) groups is 1. The molecule has 24 heavy (non-hydrogen) atoms. The number of carbonyl (C=O) groups excluding carboxylic acids is 1. The maximum atomic E-state index is 12.7. The summed E-state index contributed by atoms with van der Waals surface area (Å²) in [4.78, 5) is 12.8. The van der Waals surface area contributed by atoms with Crippen molar-refractivity contribution in [2.24, 2.45) is 0 Å². The molecule has 2 aromatic heterocycles. The van der Waals surface area contributed by atoms with Crippen LogP contribution in [0.4, 0.5) is 13.2 Å². The first-order valence-corrected chi connectivity index (χ1v) is 8.15. The largest absolute Gasteiger partial charge is 0.452 e. The van der Waals surface area contributed by atoms with Gasteiger partial charge in [-0.05, 0) is 25.5 Å². The van der Waals surface area contributed by atoms with Gasteiger partial charge in [-0.25, -0.2) is 0 Å². The van der Waals surface area contributed by atoms with Crippen molar-refractivity contribution in [3.63, 3.8) is 0 Å². The van der Waals surface area contributed by atoms with Gasteiger partial charge in [-0.15, -0.1) is 11.3 Å². The average Bonchev–Trinajstić information content (AvgIpc) is 3.12. The zero-order valence-corrected chi connectivity index (χ0v) is 14.0. The molecular weight excluding hydrogens is 345 g/mol. The molecule has 0 radical (unpaired) electrons. The Labute approximate surface area is 140 Å². The van der Waals surface area contributed by atoms with Crippen molar-refractivity contribution >= 4 is 17.2 Å². The van der Waals surface area contributed by atoms with E-state index >= 15 is 0 Å². The van der Waals surface area contributed by atoms with Crippen LogP contribution in [0.5, 0.6) is 0 Å². The van der Waals surface area contributed by atoms with Crippen LogP contribution in [0.15, 0.2) is 16.7 Å². The van der Waals surface area contributed by atoms with Crippen molar-refractivity contribution in [3.05, 3.63) is 28.3 Å². The minimum absolute atomic E-state index is 0.0885. The van der Waals surface area contributed by atoms with Gasteiger partial charge in [-0.2, -0.15) is 13.2 Å². The lowest BCUT2D eigenvalue weighted by atomic mass is 10.2. The number of halogens is 3. The van der Waals surface area contributed by atoms with Gasteiger partial charge in [0.15, 0.2) is 0 Å². The molecule has 0 bridgehead atoms. The van der Waals surface area contributed by atoms with E-state index in [1.165, 1.54) is 13.0 Å². The summed E-state index contributed by atoms with van der Waals surface area (Å²) in [6, 6.07) is 3.07. The minimum Gasteiger partial charge on any atom is -0.361 e. The van der Waals surface area contributed by atoms with Crippen LogP contribution in [0.2, 0.25) is 0 Å². The fourth-order valence-electron chi connectivity index (χ4n) is 1.94. The molecule has 0 saturated carbocycles. The van der Waals surface area contributed by atoms with E-state index in [1.54, 1.807) is 6.07 Å². The summed E-state index contributed by atoms with van der Waals surface area (Å²) >= 11 is 1.04. The average molecular weight is 362 g/mol. The fourth-order valence-corrected chi connectivity index (χ4v) is 2.90. The summed E-state index contributed by atoms with van der Waals surface area (Å²) in [5.41, 5.74) is -0.00946. The first kappa shape index (κ1) is 18.5. The summed E-state index contributed by atoms with van der Waals surface area (Å²) in [5, 5.41) is 6.07. The summed E-state index contributed by atoms with van der Waals surface area (Å²) in [7, 11) is 0. The van der Waals surface area contributed by atoms with Crippen molar-refractivity contribution in [3.8, 4) is 10.6 Å². The Kier molecular flexibility index (Phi) is 6.00. The van der Waals surface area contributed by atoms with E-state index < -0.39 is 11.9 Å². The minimum atomic E-state index is -4.59. The van der Waals surface area contributed by atoms with Crippen LogP contribution in [0.1, 0.15) is 40.8 Å². The number of aromatic nitrogens is 1. The van der Waals surface area contributed by atoms with E-state index in [1.807, 2.05) is 6.92 Å². The molecule has 1 amide bonds. The standard InChI is InChI=1S/C15H17F3N2O3S/c1-3-4-7-22-8-19-14(21)11-6-5-10(24-11)12-9(2)13(23-20-12)15(16,17)18/h5-6H,3-4,7-8H2,1-2H3,(H,19,21).